The molecule has 0 saturated carbocycles. The molecule has 1 N–H and O–H groups in total. The van der Waals surface area contributed by atoms with Crippen molar-refractivity contribution in [1.29, 1.82) is 0 Å². The average molecular weight is 487 g/mol. The highest BCUT2D eigenvalue weighted by Crippen LogP contribution is 2.42. The zero-order valence-electron chi connectivity index (χ0n) is 20.5. The van der Waals surface area contributed by atoms with Crippen LogP contribution in [0.25, 0.3) is 53.9 Å². The van der Waals surface area contributed by atoms with Crippen LogP contribution in [0.3, 0.4) is 0 Å². The molecule has 3 nitrogen and oxygen atoms in total. The minimum atomic E-state index is -0.0252. The Labute approximate surface area is 214 Å². The van der Waals surface area contributed by atoms with Gasteiger partial charge in [0, 0.05) is 17.3 Å². The monoisotopic (exact) mass is 486 g/mol. The van der Waals surface area contributed by atoms with Gasteiger partial charge in [-0.3, -0.25) is 4.98 Å². The lowest BCUT2D eigenvalue weighted by molar-refractivity contribution is 0.477. The fourth-order valence-corrected chi connectivity index (χ4v) is 5.72. The standard InChI is InChI=1S/C32H26N2OS/c1-32(2,3)22-18-25(30-29(19-22)36-31(34-30)24-12-6-7-14-28(24)35)21-16-20-10-4-5-11-23(20)26(17-21)27-13-8-9-15-33-27/h4-19,35H,1-3H3. The molecule has 4 aromatic carbocycles. The maximum atomic E-state index is 10.5. The molecule has 36 heavy (non-hydrogen) atoms. The second-order valence-corrected chi connectivity index (χ2v) is 11.1. The zero-order chi connectivity index (χ0) is 24.9. The smallest absolute Gasteiger partial charge is 0.128 e. The van der Waals surface area contributed by atoms with Crippen LogP contribution in [-0.4, -0.2) is 15.1 Å². The zero-order valence-corrected chi connectivity index (χ0v) is 21.3. The molecule has 0 saturated heterocycles. The van der Waals surface area contributed by atoms with Gasteiger partial charge < -0.3 is 5.11 Å². The third-order valence-corrected chi connectivity index (χ3v) is 7.64. The molecule has 0 aliphatic rings. The van der Waals surface area contributed by atoms with E-state index >= 15 is 0 Å². The summed E-state index contributed by atoms with van der Waals surface area (Å²) in [5.41, 5.74) is 7.20. The van der Waals surface area contributed by atoms with E-state index in [1.165, 1.54) is 16.3 Å². The fourth-order valence-electron chi connectivity index (χ4n) is 4.65. The first-order valence-corrected chi connectivity index (χ1v) is 12.9. The van der Waals surface area contributed by atoms with Gasteiger partial charge in [-0.15, -0.1) is 11.3 Å². The molecule has 0 aliphatic heterocycles. The van der Waals surface area contributed by atoms with Gasteiger partial charge >= 0.3 is 0 Å². The number of hydrogen-bond donors (Lipinski definition) is 1. The first-order chi connectivity index (χ1) is 17.4. The Balaban J connectivity index is 1.66. The summed E-state index contributed by atoms with van der Waals surface area (Å²) in [5.74, 6) is 0.247. The van der Waals surface area contributed by atoms with E-state index in [1.54, 1.807) is 17.4 Å². The molecule has 0 unspecified atom stereocenters. The van der Waals surface area contributed by atoms with Crippen molar-refractivity contribution < 1.29 is 5.11 Å². The van der Waals surface area contributed by atoms with Gasteiger partial charge in [0.05, 0.1) is 21.5 Å². The van der Waals surface area contributed by atoms with E-state index in [0.29, 0.717) is 0 Å². The van der Waals surface area contributed by atoms with Crippen LogP contribution in [0.1, 0.15) is 26.3 Å². The highest BCUT2D eigenvalue weighted by atomic mass is 32.1. The van der Waals surface area contributed by atoms with Gasteiger partial charge in [-0.05, 0) is 75.8 Å². The number of aromatic hydroxyl groups is 1. The fraction of sp³-hybridized carbons (Fsp3) is 0.125. The lowest BCUT2D eigenvalue weighted by atomic mass is 9.84. The Morgan fingerprint density at radius 2 is 1.53 bits per heavy atom. The van der Waals surface area contributed by atoms with Crippen molar-refractivity contribution in [2.75, 3.05) is 0 Å². The summed E-state index contributed by atoms with van der Waals surface area (Å²) in [7, 11) is 0. The van der Waals surface area contributed by atoms with Crippen molar-refractivity contribution in [2.45, 2.75) is 26.2 Å². The van der Waals surface area contributed by atoms with Crippen LogP contribution >= 0.6 is 11.3 Å². The number of pyridine rings is 1. The second kappa shape index (κ2) is 8.58. The van der Waals surface area contributed by atoms with Crippen LogP contribution in [0.2, 0.25) is 0 Å². The van der Waals surface area contributed by atoms with E-state index in [-0.39, 0.29) is 11.2 Å². The largest absolute Gasteiger partial charge is 0.507 e. The van der Waals surface area contributed by atoms with Crippen LogP contribution < -0.4 is 0 Å². The third kappa shape index (κ3) is 3.94. The van der Waals surface area contributed by atoms with Crippen molar-refractivity contribution >= 4 is 32.3 Å². The minimum Gasteiger partial charge on any atom is -0.507 e. The molecule has 6 aromatic rings. The summed E-state index contributed by atoms with van der Waals surface area (Å²) < 4.78 is 1.11. The number of nitrogens with zero attached hydrogens (tertiary/aromatic N) is 2. The van der Waals surface area contributed by atoms with E-state index in [1.807, 2.05) is 36.5 Å². The Bertz CT molecular complexity index is 1730. The molecule has 0 atom stereocenters. The number of phenols is 1. The summed E-state index contributed by atoms with van der Waals surface area (Å²) >= 11 is 1.62. The molecule has 4 heteroatoms. The quantitative estimate of drug-likeness (QED) is 0.272. The predicted octanol–water partition coefficient (Wildman–Crippen LogP) is 8.85. The van der Waals surface area contributed by atoms with Gasteiger partial charge in [-0.1, -0.05) is 63.2 Å². The molecule has 0 fully saturated rings. The maximum absolute atomic E-state index is 10.5. The number of benzene rings is 4. The summed E-state index contributed by atoms with van der Waals surface area (Å²) in [4.78, 5) is 9.73. The molecule has 176 valence electrons. The molecule has 0 radical (unpaired) electrons. The van der Waals surface area contributed by atoms with E-state index in [9.17, 15) is 5.11 Å². The van der Waals surface area contributed by atoms with E-state index in [2.05, 4.69) is 80.4 Å². The lowest BCUT2D eigenvalue weighted by Crippen LogP contribution is -2.11. The van der Waals surface area contributed by atoms with Crippen molar-refractivity contribution in [3.8, 4) is 38.7 Å². The van der Waals surface area contributed by atoms with Crippen molar-refractivity contribution in [2.24, 2.45) is 0 Å². The molecule has 0 spiro atoms. The topological polar surface area (TPSA) is 46.0 Å². The number of aromatic nitrogens is 2. The Kier molecular flexibility index (Phi) is 5.35. The Morgan fingerprint density at radius 3 is 2.31 bits per heavy atom. The van der Waals surface area contributed by atoms with Gasteiger partial charge in [-0.2, -0.15) is 0 Å². The molecule has 0 aliphatic carbocycles. The average Bonchev–Trinajstić information content (AvgIpc) is 3.32. The first kappa shape index (κ1) is 22.4. The maximum Gasteiger partial charge on any atom is 0.128 e. The first-order valence-electron chi connectivity index (χ1n) is 12.1. The van der Waals surface area contributed by atoms with Crippen LogP contribution in [0.4, 0.5) is 0 Å². The SMILES string of the molecule is CC(C)(C)c1cc(-c2cc(-c3ccccn3)c3ccccc3c2)c2nc(-c3ccccc3O)sc2c1. The van der Waals surface area contributed by atoms with Crippen molar-refractivity contribution in [1.82, 2.24) is 9.97 Å². The number of para-hydroxylation sites is 1. The summed E-state index contributed by atoms with van der Waals surface area (Å²) in [5, 5.41) is 13.7. The minimum absolute atomic E-state index is 0.0252. The normalized spacial score (nSPS) is 11.9. The number of rotatable bonds is 3. The van der Waals surface area contributed by atoms with Gasteiger partial charge in [-0.25, -0.2) is 4.98 Å². The summed E-state index contributed by atoms with van der Waals surface area (Å²) in [6, 6.07) is 30.9. The summed E-state index contributed by atoms with van der Waals surface area (Å²) in [6.45, 7) is 6.72. The van der Waals surface area contributed by atoms with Gasteiger partial charge in [0.25, 0.3) is 0 Å². The molecular weight excluding hydrogens is 460 g/mol. The number of hydrogen-bond acceptors (Lipinski definition) is 4. The van der Waals surface area contributed by atoms with Gasteiger partial charge in [0.2, 0.25) is 0 Å². The van der Waals surface area contributed by atoms with Crippen molar-refractivity contribution in [3.05, 3.63) is 103 Å². The van der Waals surface area contributed by atoms with Crippen molar-refractivity contribution in [3.63, 3.8) is 0 Å². The van der Waals surface area contributed by atoms with E-state index < -0.39 is 0 Å². The highest BCUT2D eigenvalue weighted by Gasteiger charge is 2.21. The highest BCUT2D eigenvalue weighted by molar-refractivity contribution is 7.21. The molecule has 2 aromatic heterocycles. The Morgan fingerprint density at radius 1 is 0.750 bits per heavy atom. The molecular formula is C32H26N2OS. The number of thiazole rings is 1. The van der Waals surface area contributed by atoms with Gasteiger partial charge in [0.1, 0.15) is 10.8 Å². The molecule has 0 amide bonds. The van der Waals surface area contributed by atoms with E-state index in [4.69, 9.17) is 4.98 Å². The molecule has 0 bridgehead atoms. The van der Waals surface area contributed by atoms with Crippen LogP contribution in [0, 0.1) is 0 Å². The number of fused-ring (bicyclic) bond motifs is 2. The molecule has 6 rings (SSSR count). The number of phenolic OH excluding ortho intramolecular Hbond substituents is 1. The van der Waals surface area contributed by atoms with Crippen LogP contribution in [0.5, 0.6) is 5.75 Å². The molecule has 2 heterocycles. The van der Waals surface area contributed by atoms with E-state index in [0.717, 1.165) is 43.2 Å². The lowest BCUT2D eigenvalue weighted by Gasteiger charge is -2.20. The third-order valence-electron chi connectivity index (χ3n) is 6.61. The predicted molar refractivity (Wildman–Crippen MR) is 152 cm³/mol. The van der Waals surface area contributed by atoms with Crippen LogP contribution in [0.15, 0.2) is 97.2 Å². The second-order valence-electron chi connectivity index (χ2n) is 10.1. The Hall–Kier alpha value is -4.02. The van der Waals surface area contributed by atoms with Gasteiger partial charge in [0.15, 0.2) is 0 Å². The van der Waals surface area contributed by atoms with Crippen LogP contribution in [-0.2, 0) is 5.41 Å². The summed E-state index contributed by atoms with van der Waals surface area (Å²) in [6.07, 6.45) is 1.84.